The molecule has 1 aromatic heterocycles. The molecule has 0 N–H and O–H groups in total. The fourth-order valence-electron chi connectivity index (χ4n) is 2.47. The summed E-state index contributed by atoms with van der Waals surface area (Å²) in [4.78, 5) is 18.2. The van der Waals surface area contributed by atoms with E-state index >= 15 is 0 Å². The molecule has 132 valence electrons. The zero-order valence-corrected chi connectivity index (χ0v) is 14.9. The lowest BCUT2D eigenvalue weighted by atomic mass is 10.1. The molecular formula is C20H24N2O3. The van der Waals surface area contributed by atoms with Crippen LogP contribution in [0.2, 0.25) is 0 Å². The van der Waals surface area contributed by atoms with E-state index in [4.69, 9.17) is 9.47 Å². The highest BCUT2D eigenvalue weighted by Gasteiger charge is 2.10. The predicted octanol–water partition coefficient (Wildman–Crippen LogP) is 3.20. The Labute approximate surface area is 148 Å². The van der Waals surface area contributed by atoms with E-state index in [2.05, 4.69) is 4.98 Å². The minimum Gasteiger partial charge on any atom is -0.493 e. The number of rotatable bonds is 8. The first-order valence-electron chi connectivity index (χ1n) is 8.25. The quantitative estimate of drug-likeness (QED) is 0.693. The summed E-state index contributed by atoms with van der Waals surface area (Å²) < 4.78 is 10.6. The average Bonchev–Trinajstić information content (AvgIpc) is 2.67. The van der Waals surface area contributed by atoms with Crippen molar-refractivity contribution < 1.29 is 14.3 Å². The number of carbonyl (C=O) groups excluding carboxylic acids is 1. The first-order chi connectivity index (χ1) is 12.2. The minimum absolute atomic E-state index is 0.00757. The van der Waals surface area contributed by atoms with Gasteiger partial charge in [0.1, 0.15) is 0 Å². The maximum absolute atomic E-state index is 12.4. The van der Waals surface area contributed by atoms with Crippen LogP contribution < -0.4 is 9.47 Å². The Morgan fingerprint density at radius 3 is 2.64 bits per heavy atom. The molecule has 0 aliphatic carbocycles. The van der Waals surface area contributed by atoms with Gasteiger partial charge in [-0.15, -0.1) is 0 Å². The molecule has 5 nitrogen and oxygen atoms in total. The van der Waals surface area contributed by atoms with E-state index in [9.17, 15) is 4.79 Å². The summed E-state index contributed by atoms with van der Waals surface area (Å²) in [6.07, 6.45) is 7.56. The Morgan fingerprint density at radius 2 is 2.00 bits per heavy atom. The molecule has 2 rings (SSSR count). The number of nitrogens with zero attached hydrogens (tertiary/aromatic N) is 2. The van der Waals surface area contributed by atoms with Crippen molar-refractivity contribution in [2.75, 3.05) is 27.3 Å². The van der Waals surface area contributed by atoms with Crippen LogP contribution in [0.15, 0.2) is 48.8 Å². The third kappa shape index (κ3) is 5.35. The zero-order chi connectivity index (χ0) is 18.1. The summed E-state index contributed by atoms with van der Waals surface area (Å²) in [5.41, 5.74) is 2.01. The number of ether oxygens (including phenoxy) is 2. The zero-order valence-electron chi connectivity index (χ0n) is 14.9. The second-order valence-electron chi connectivity index (χ2n) is 5.48. The summed E-state index contributed by atoms with van der Waals surface area (Å²) in [5, 5.41) is 0. The van der Waals surface area contributed by atoms with Crippen LogP contribution in [0.5, 0.6) is 11.5 Å². The number of aromatic nitrogens is 1. The second kappa shape index (κ2) is 9.47. The Hall–Kier alpha value is -2.82. The molecule has 25 heavy (non-hydrogen) atoms. The lowest BCUT2D eigenvalue weighted by Gasteiger charge is -2.19. The number of hydrogen-bond donors (Lipinski definition) is 0. The number of amides is 1. The van der Waals surface area contributed by atoms with Crippen molar-refractivity contribution in [1.29, 1.82) is 0 Å². The molecule has 1 heterocycles. The van der Waals surface area contributed by atoms with E-state index < -0.39 is 0 Å². The lowest BCUT2D eigenvalue weighted by molar-refractivity contribution is -0.125. The van der Waals surface area contributed by atoms with Crippen molar-refractivity contribution in [3.63, 3.8) is 0 Å². The molecule has 0 atom stereocenters. The lowest BCUT2D eigenvalue weighted by Crippen LogP contribution is -2.31. The summed E-state index contributed by atoms with van der Waals surface area (Å²) in [5.74, 6) is 1.40. The van der Waals surface area contributed by atoms with Gasteiger partial charge in [0.05, 0.1) is 14.2 Å². The van der Waals surface area contributed by atoms with Gasteiger partial charge in [0.15, 0.2) is 11.5 Å². The van der Waals surface area contributed by atoms with Crippen LogP contribution in [0.3, 0.4) is 0 Å². The van der Waals surface area contributed by atoms with Crippen molar-refractivity contribution in [3.05, 3.63) is 59.9 Å². The summed E-state index contributed by atoms with van der Waals surface area (Å²) in [6, 6.07) is 9.58. The molecule has 0 bridgehead atoms. The topological polar surface area (TPSA) is 51.7 Å². The third-order valence-electron chi connectivity index (χ3n) is 3.91. The number of benzene rings is 1. The van der Waals surface area contributed by atoms with E-state index in [0.717, 1.165) is 17.5 Å². The summed E-state index contributed by atoms with van der Waals surface area (Å²) in [6.45, 7) is 3.27. The number of likely N-dealkylation sites (N-methyl/N-ethyl adjacent to an activating group) is 1. The van der Waals surface area contributed by atoms with Crippen LogP contribution in [-0.2, 0) is 11.2 Å². The van der Waals surface area contributed by atoms with Gasteiger partial charge in [0.2, 0.25) is 5.91 Å². The number of carbonyl (C=O) groups is 1. The van der Waals surface area contributed by atoms with Crippen molar-refractivity contribution in [2.24, 2.45) is 0 Å². The molecule has 0 fully saturated rings. The predicted molar refractivity (Wildman–Crippen MR) is 98.8 cm³/mol. The first-order valence-corrected chi connectivity index (χ1v) is 8.25. The molecule has 1 aromatic carbocycles. The van der Waals surface area contributed by atoms with Crippen LogP contribution in [-0.4, -0.2) is 43.1 Å². The van der Waals surface area contributed by atoms with Crippen molar-refractivity contribution >= 4 is 12.0 Å². The van der Waals surface area contributed by atoms with Gasteiger partial charge in [-0.05, 0) is 48.7 Å². The fourth-order valence-corrected chi connectivity index (χ4v) is 2.47. The normalized spacial score (nSPS) is 10.7. The largest absolute Gasteiger partial charge is 0.493 e. The van der Waals surface area contributed by atoms with Crippen molar-refractivity contribution in [2.45, 2.75) is 13.3 Å². The highest BCUT2D eigenvalue weighted by atomic mass is 16.5. The second-order valence-corrected chi connectivity index (χ2v) is 5.48. The van der Waals surface area contributed by atoms with E-state index in [1.165, 1.54) is 0 Å². The highest BCUT2D eigenvalue weighted by Crippen LogP contribution is 2.27. The van der Waals surface area contributed by atoms with Gasteiger partial charge in [-0.1, -0.05) is 12.1 Å². The maximum atomic E-state index is 12.4. The molecule has 0 radical (unpaired) electrons. The maximum Gasteiger partial charge on any atom is 0.246 e. The number of pyridine rings is 1. The molecular weight excluding hydrogens is 316 g/mol. The van der Waals surface area contributed by atoms with Gasteiger partial charge in [0.25, 0.3) is 0 Å². The van der Waals surface area contributed by atoms with Gasteiger partial charge in [-0.25, -0.2) is 0 Å². The SMILES string of the molecule is CCN(CCc1ccc(OC)c(OC)c1)C(=O)C=Cc1cccnc1. The van der Waals surface area contributed by atoms with Gasteiger partial charge in [0, 0.05) is 31.6 Å². The van der Waals surface area contributed by atoms with Crippen LogP contribution in [0.1, 0.15) is 18.1 Å². The summed E-state index contributed by atoms with van der Waals surface area (Å²) >= 11 is 0. The fraction of sp³-hybridized carbons (Fsp3) is 0.300. The van der Waals surface area contributed by atoms with Crippen LogP contribution in [0.25, 0.3) is 6.08 Å². The standard InChI is InChI=1S/C20H24N2O3/c1-4-22(20(23)10-8-17-6-5-12-21-15-17)13-11-16-7-9-18(24-2)19(14-16)25-3/h5-10,12,14-15H,4,11,13H2,1-3H3. The van der Waals surface area contributed by atoms with Crippen LogP contribution in [0.4, 0.5) is 0 Å². The Balaban J connectivity index is 1.97. The molecule has 2 aromatic rings. The third-order valence-corrected chi connectivity index (χ3v) is 3.91. The minimum atomic E-state index is -0.00757. The van der Waals surface area contributed by atoms with E-state index in [-0.39, 0.29) is 5.91 Å². The van der Waals surface area contributed by atoms with Gasteiger partial charge >= 0.3 is 0 Å². The van der Waals surface area contributed by atoms with Gasteiger partial charge < -0.3 is 14.4 Å². The molecule has 0 spiro atoms. The average molecular weight is 340 g/mol. The molecule has 1 amide bonds. The van der Waals surface area contributed by atoms with Gasteiger partial charge in [-0.3, -0.25) is 9.78 Å². The molecule has 0 aliphatic heterocycles. The Bertz CT molecular complexity index is 714. The molecule has 0 saturated heterocycles. The van der Waals surface area contributed by atoms with E-state index in [0.29, 0.717) is 24.6 Å². The molecule has 0 aliphatic rings. The highest BCUT2D eigenvalue weighted by molar-refractivity contribution is 5.91. The van der Waals surface area contributed by atoms with Crippen molar-refractivity contribution in [1.82, 2.24) is 9.88 Å². The molecule has 0 unspecified atom stereocenters. The van der Waals surface area contributed by atoms with Crippen molar-refractivity contribution in [3.8, 4) is 11.5 Å². The number of methoxy groups -OCH3 is 2. The smallest absolute Gasteiger partial charge is 0.246 e. The first kappa shape index (κ1) is 18.5. The van der Waals surface area contributed by atoms with Crippen LogP contribution in [0, 0.1) is 0 Å². The van der Waals surface area contributed by atoms with E-state index in [1.54, 1.807) is 38.8 Å². The summed E-state index contributed by atoms with van der Waals surface area (Å²) in [7, 11) is 3.23. The Kier molecular flexibility index (Phi) is 7.01. The van der Waals surface area contributed by atoms with Gasteiger partial charge in [-0.2, -0.15) is 0 Å². The number of hydrogen-bond acceptors (Lipinski definition) is 4. The molecule has 5 heteroatoms. The van der Waals surface area contributed by atoms with Crippen LogP contribution >= 0.6 is 0 Å². The monoisotopic (exact) mass is 340 g/mol. The molecule has 0 saturated carbocycles. The van der Waals surface area contributed by atoms with E-state index in [1.807, 2.05) is 42.2 Å². The Morgan fingerprint density at radius 1 is 1.20 bits per heavy atom.